The van der Waals surface area contributed by atoms with Crippen LogP contribution in [-0.2, 0) is 0 Å². The molecule has 0 aliphatic rings. The third-order valence-electron chi connectivity index (χ3n) is 4.32. The largest absolute Gasteiger partial charge is 0.508 e. The molecule has 0 saturated heterocycles. The Kier molecular flexibility index (Phi) is 4.97. The molecule has 2 heterocycles. The van der Waals surface area contributed by atoms with Crippen molar-refractivity contribution in [1.82, 2.24) is 19.7 Å². The lowest BCUT2D eigenvalue weighted by Gasteiger charge is -2.07. The Hall–Kier alpha value is -3.71. The lowest BCUT2D eigenvalue weighted by Crippen LogP contribution is -2.13. The maximum Gasteiger partial charge on any atom is 0.259 e. The molecule has 29 heavy (non-hydrogen) atoms. The summed E-state index contributed by atoms with van der Waals surface area (Å²) in [7, 11) is 0. The van der Waals surface area contributed by atoms with Crippen molar-refractivity contribution in [2.45, 2.75) is 6.92 Å². The molecule has 0 unspecified atom stereocenters. The lowest BCUT2D eigenvalue weighted by molar-refractivity contribution is 0.102. The van der Waals surface area contributed by atoms with Crippen LogP contribution in [0.25, 0.3) is 17.1 Å². The van der Waals surface area contributed by atoms with Crippen LogP contribution in [0.15, 0.2) is 67.1 Å². The van der Waals surface area contributed by atoms with Crippen molar-refractivity contribution >= 4 is 23.2 Å². The first-order valence-electron chi connectivity index (χ1n) is 8.74. The van der Waals surface area contributed by atoms with Gasteiger partial charge in [0, 0.05) is 10.6 Å². The Bertz CT molecular complexity index is 1190. The Labute approximate surface area is 171 Å². The van der Waals surface area contributed by atoms with Crippen LogP contribution >= 0.6 is 11.6 Å². The predicted octanol–water partition coefficient (Wildman–Crippen LogP) is 4.25. The molecule has 144 valence electrons. The molecule has 2 aromatic carbocycles. The summed E-state index contributed by atoms with van der Waals surface area (Å²) < 4.78 is 1.66. The molecule has 0 radical (unpaired) electrons. The number of phenols is 1. The van der Waals surface area contributed by atoms with E-state index in [1.807, 2.05) is 19.1 Å². The van der Waals surface area contributed by atoms with Gasteiger partial charge in [-0.25, -0.2) is 14.6 Å². The van der Waals surface area contributed by atoms with Crippen molar-refractivity contribution < 1.29 is 9.90 Å². The second-order valence-electron chi connectivity index (χ2n) is 6.34. The fourth-order valence-electron chi connectivity index (χ4n) is 2.89. The number of benzene rings is 2. The average molecular weight is 406 g/mol. The summed E-state index contributed by atoms with van der Waals surface area (Å²) in [6, 6.07) is 13.9. The van der Waals surface area contributed by atoms with Crippen LogP contribution in [0.2, 0.25) is 5.02 Å². The van der Waals surface area contributed by atoms with Crippen LogP contribution in [0.4, 0.5) is 5.69 Å². The number of hydrogen-bond donors (Lipinski definition) is 2. The second-order valence-corrected chi connectivity index (χ2v) is 6.77. The minimum Gasteiger partial charge on any atom is -0.508 e. The molecule has 0 fully saturated rings. The number of nitrogens with one attached hydrogen (secondary N) is 1. The minimum absolute atomic E-state index is 0.135. The summed E-state index contributed by atoms with van der Waals surface area (Å²) in [6.07, 6.45) is 4.54. The van der Waals surface area contributed by atoms with Crippen LogP contribution in [0.1, 0.15) is 16.1 Å². The molecule has 0 spiro atoms. The third kappa shape index (κ3) is 3.95. The van der Waals surface area contributed by atoms with Gasteiger partial charge in [0.15, 0.2) is 5.82 Å². The zero-order valence-electron chi connectivity index (χ0n) is 15.4. The van der Waals surface area contributed by atoms with Gasteiger partial charge in [-0.15, -0.1) is 0 Å². The molecule has 1 amide bonds. The van der Waals surface area contributed by atoms with E-state index in [0.29, 0.717) is 33.4 Å². The van der Waals surface area contributed by atoms with E-state index >= 15 is 0 Å². The number of aromatic nitrogens is 4. The molecule has 2 aromatic heterocycles. The number of aromatic hydroxyl groups is 1. The molecule has 8 heteroatoms. The number of halogens is 1. The highest BCUT2D eigenvalue weighted by molar-refractivity contribution is 6.30. The summed E-state index contributed by atoms with van der Waals surface area (Å²) in [5.74, 6) is 0.268. The molecule has 0 saturated carbocycles. The van der Waals surface area contributed by atoms with Gasteiger partial charge in [-0.1, -0.05) is 29.8 Å². The van der Waals surface area contributed by atoms with E-state index in [0.717, 1.165) is 5.69 Å². The van der Waals surface area contributed by atoms with Gasteiger partial charge in [0.05, 0.1) is 41.2 Å². The molecule has 0 atom stereocenters. The summed E-state index contributed by atoms with van der Waals surface area (Å²) in [6.45, 7) is 1.81. The van der Waals surface area contributed by atoms with Crippen LogP contribution in [0.3, 0.4) is 0 Å². The van der Waals surface area contributed by atoms with Crippen LogP contribution in [-0.4, -0.2) is 30.8 Å². The summed E-state index contributed by atoms with van der Waals surface area (Å²) >= 11 is 6.04. The van der Waals surface area contributed by atoms with E-state index in [2.05, 4.69) is 20.4 Å². The fourth-order valence-corrected chi connectivity index (χ4v) is 3.07. The summed E-state index contributed by atoms with van der Waals surface area (Å²) in [5, 5.41) is 17.2. The van der Waals surface area contributed by atoms with Gasteiger partial charge in [0.25, 0.3) is 5.91 Å². The average Bonchev–Trinajstić information content (AvgIpc) is 3.10. The molecule has 2 N–H and O–H groups in total. The van der Waals surface area contributed by atoms with Crippen LogP contribution in [0, 0.1) is 6.92 Å². The number of amides is 1. The van der Waals surface area contributed by atoms with E-state index < -0.39 is 0 Å². The zero-order chi connectivity index (χ0) is 20.4. The highest BCUT2D eigenvalue weighted by Crippen LogP contribution is 2.21. The maximum atomic E-state index is 12.7. The fraction of sp³-hybridized carbons (Fsp3) is 0.0476. The molecular formula is C21H16ClN5O2. The number of phenolic OH excluding ortho intramolecular Hbond substituents is 1. The SMILES string of the molecule is Cc1c(C(=O)Nc2cnc(-c3cccc(O)c3)nc2)cnn1-c1cccc(Cl)c1. The van der Waals surface area contributed by atoms with Crippen molar-refractivity contribution in [2.75, 3.05) is 5.32 Å². The van der Waals surface area contributed by atoms with Crippen molar-refractivity contribution in [1.29, 1.82) is 0 Å². The van der Waals surface area contributed by atoms with Crippen LogP contribution in [0.5, 0.6) is 5.75 Å². The Morgan fingerprint density at radius 1 is 1.07 bits per heavy atom. The molecule has 4 rings (SSSR count). The second kappa shape index (κ2) is 7.73. The Morgan fingerprint density at radius 2 is 1.83 bits per heavy atom. The predicted molar refractivity (Wildman–Crippen MR) is 110 cm³/mol. The summed E-state index contributed by atoms with van der Waals surface area (Å²) in [5.41, 5.74) is 3.02. The smallest absolute Gasteiger partial charge is 0.259 e. The molecule has 4 aromatic rings. The number of nitrogens with zero attached hydrogens (tertiary/aromatic N) is 4. The van der Waals surface area contributed by atoms with E-state index in [1.54, 1.807) is 41.1 Å². The van der Waals surface area contributed by atoms with Gasteiger partial charge in [0.1, 0.15) is 5.75 Å². The standard InChI is InChI=1S/C21H16ClN5O2/c1-13-19(12-25-27(13)17-6-3-5-15(22)9-17)21(29)26-16-10-23-20(24-11-16)14-4-2-7-18(28)8-14/h2-12,28H,1H3,(H,26,29). The quantitative estimate of drug-likeness (QED) is 0.529. The summed E-state index contributed by atoms with van der Waals surface area (Å²) in [4.78, 5) is 21.2. The molecule has 7 nitrogen and oxygen atoms in total. The topological polar surface area (TPSA) is 92.9 Å². The number of carbonyl (C=O) groups excluding carboxylic acids is 1. The zero-order valence-corrected chi connectivity index (χ0v) is 16.1. The van der Waals surface area contributed by atoms with E-state index in [1.165, 1.54) is 18.6 Å². The molecule has 0 aliphatic carbocycles. The van der Waals surface area contributed by atoms with Gasteiger partial charge >= 0.3 is 0 Å². The van der Waals surface area contributed by atoms with Crippen molar-refractivity contribution in [3.8, 4) is 22.8 Å². The monoisotopic (exact) mass is 405 g/mol. The first-order chi connectivity index (χ1) is 14.0. The Morgan fingerprint density at radius 3 is 2.55 bits per heavy atom. The molecular weight excluding hydrogens is 390 g/mol. The highest BCUT2D eigenvalue weighted by atomic mass is 35.5. The van der Waals surface area contributed by atoms with Crippen LogP contribution < -0.4 is 5.32 Å². The molecule has 0 bridgehead atoms. The van der Waals surface area contributed by atoms with E-state index in [4.69, 9.17) is 11.6 Å². The van der Waals surface area contributed by atoms with E-state index in [-0.39, 0.29) is 11.7 Å². The van der Waals surface area contributed by atoms with E-state index in [9.17, 15) is 9.90 Å². The van der Waals surface area contributed by atoms with Crippen molar-refractivity contribution in [2.24, 2.45) is 0 Å². The maximum absolute atomic E-state index is 12.7. The van der Waals surface area contributed by atoms with Gasteiger partial charge in [-0.3, -0.25) is 4.79 Å². The first-order valence-corrected chi connectivity index (χ1v) is 9.12. The van der Waals surface area contributed by atoms with Crippen molar-refractivity contribution in [3.05, 3.63) is 83.4 Å². The Balaban J connectivity index is 1.53. The highest BCUT2D eigenvalue weighted by Gasteiger charge is 2.16. The van der Waals surface area contributed by atoms with Gasteiger partial charge in [0.2, 0.25) is 0 Å². The van der Waals surface area contributed by atoms with Gasteiger partial charge in [-0.05, 0) is 37.3 Å². The normalized spacial score (nSPS) is 10.7. The number of carbonyl (C=O) groups is 1. The number of hydrogen-bond acceptors (Lipinski definition) is 5. The van der Waals surface area contributed by atoms with Gasteiger partial charge < -0.3 is 10.4 Å². The van der Waals surface area contributed by atoms with Crippen molar-refractivity contribution in [3.63, 3.8) is 0 Å². The molecule has 0 aliphatic heterocycles. The lowest BCUT2D eigenvalue weighted by atomic mass is 10.2. The third-order valence-corrected chi connectivity index (χ3v) is 4.56. The number of anilines is 1. The minimum atomic E-state index is -0.315. The van der Waals surface area contributed by atoms with Gasteiger partial charge in [-0.2, -0.15) is 5.10 Å². The number of rotatable bonds is 4. The first kappa shape index (κ1) is 18.6.